The molecule has 0 saturated carbocycles. The molecule has 1 fully saturated rings. The highest BCUT2D eigenvalue weighted by Gasteiger charge is 2.30. The number of para-hydroxylation sites is 1. The minimum atomic E-state index is -0.0649. The number of benzene rings is 1. The van der Waals surface area contributed by atoms with Gasteiger partial charge in [-0.2, -0.15) is 0 Å². The number of piperazine rings is 1. The van der Waals surface area contributed by atoms with Crippen molar-refractivity contribution in [3.8, 4) is 0 Å². The van der Waals surface area contributed by atoms with Crippen LogP contribution in [0, 0.1) is 0 Å². The third-order valence-electron chi connectivity index (χ3n) is 4.05. The molecule has 2 aliphatic rings. The maximum atomic E-state index is 12.7. The highest BCUT2D eigenvalue weighted by atomic mass is 16.2. The zero-order chi connectivity index (χ0) is 13.2. The molecule has 4 nitrogen and oxygen atoms in total. The van der Waals surface area contributed by atoms with Crippen molar-refractivity contribution in [2.45, 2.75) is 18.9 Å². The number of carbonyl (C=O) groups is 1. The van der Waals surface area contributed by atoms with Crippen molar-refractivity contribution in [2.75, 3.05) is 38.1 Å². The first-order valence-electron chi connectivity index (χ1n) is 7.07. The quantitative estimate of drug-likeness (QED) is 0.813. The maximum absolute atomic E-state index is 12.7. The second-order valence-electron chi connectivity index (χ2n) is 5.49. The monoisotopic (exact) mass is 259 g/mol. The number of amides is 1. The van der Waals surface area contributed by atoms with E-state index in [0.717, 1.165) is 44.7 Å². The Hall–Kier alpha value is -1.39. The fourth-order valence-electron chi connectivity index (χ4n) is 3.01. The van der Waals surface area contributed by atoms with Crippen molar-refractivity contribution in [1.29, 1.82) is 0 Å². The molecule has 0 aromatic heterocycles. The van der Waals surface area contributed by atoms with Gasteiger partial charge < -0.3 is 15.1 Å². The highest BCUT2D eigenvalue weighted by Crippen LogP contribution is 2.27. The Bertz CT molecular complexity index is 474. The molecule has 1 unspecified atom stereocenters. The number of anilines is 1. The first-order chi connectivity index (χ1) is 9.25. The summed E-state index contributed by atoms with van der Waals surface area (Å²) in [6.07, 6.45) is 2.14. The van der Waals surface area contributed by atoms with Gasteiger partial charge >= 0.3 is 0 Å². The Morgan fingerprint density at radius 2 is 2.16 bits per heavy atom. The van der Waals surface area contributed by atoms with Gasteiger partial charge in [0, 0.05) is 31.9 Å². The Balaban J connectivity index is 1.81. The highest BCUT2D eigenvalue weighted by molar-refractivity contribution is 5.98. The van der Waals surface area contributed by atoms with Crippen LogP contribution in [-0.2, 0) is 11.2 Å². The topological polar surface area (TPSA) is 35.6 Å². The van der Waals surface area contributed by atoms with Crippen LogP contribution >= 0.6 is 0 Å². The smallest absolute Gasteiger partial charge is 0.245 e. The zero-order valence-corrected chi connectivity index (χ0v) is 11.4. The molecule has 1 aromatic carbocycles. The normalized spacial score (nSPS) is 24.1. The molecule has 2 heterocycles. The number of fused-ring (bicyclic) bond motifs is 1. The van der Waals surface area contributed by atoms with Gasteiger partial charge in [0.25, 0.3) is 0 Å². The molecular weight excluding hydrogens is 238 g/mol. The van der Waals surface area contributed by atoms with Crippen LogP contribution in [0.4, 0.5) is 5.69 Å². The number of likely N-dealkylation sites (N-methyl/N-ethyl adjacent to an activating group) is 1. The average molecular weight is 259 g/mol. The van der Waals surface area contributed by atoms with Gasteiger partial charge in [-0.05, 0) is 31.5 Å². The SMILES string of the molecule is CN1CCNC(C(=O)N2CCCc3ccccc32)C1. The number of aryl methyl sites for hydroxylation is 1. The van der Waals surface area contributed by atoms with E-state index in [2.05, 4.69) is 35.5 Å². The first-order valence-corrected chi connectivity index (χ1v) is 7.07. The van der Waals surface area contributed by atoms with E-state index in [9.17, 15) is 4.79 Å². The molecule has 0 bridgehead atoms. The average Bonchev–Trinajstić information content (AvgIpc) is 2.46. The van der Waals surface area contributed by atoms with Crippen LogP contribution in [0.2, 0.25) is 0 Å². The van der Waals surface area contributed by atoms with Crippen LogP contribution in [0.15, 0.2) is 24.3 Å². The van der Waals surface area contributed by atoms with E-state index in [-0.39, 0.29) is 11.9 Å². The van der Waals surface area contributed by atoms with E-state index < -0.39 is 0 Å². The van der Waals surface area contributed by atoms with Crippen LogP contribution in [0.1, 0.15) is 12.0 Å². The number of carbonyl (C=O) groups excluding carboxylic acids is 1. The van der Waals surface area contributed by atoms with Crippen LogP contribution in [0.3, 0.4) is 0 Å². The number of nitrogens with zero attached hydrogens (tertiary/aromatic N) is 2. The summed E-state index contributed by atoms with van der Waals surface area (Å²) in [7, 11) is 2.07. The van der Waals surface area contributed by atoms with Crippen molar-refractivity contribution in [3.63, 3.8) is 0 Å². The first kappa shape index (κ1) is 12.6. The minimum Gasteiger partial charge on any atom is -0.311 e. The molecule has 0 radical (unpaired) electrons. The van der Waals surface area contributed by atoms with Gasteiger partial charge in [-0.3, -0.25) is 4.79 Å². The molecule has 19 heavy (non-hydrogen) atoms. The van der Waals surface area contributed by atoms with E-state index in [0.29, 0.717) is 0 Å². The largest absolute Gasteiger partial charge is 0.311 e. The number of hydrogen-bond donors (Lipinski definition) is 1. The Morgan fingerprint density at radius 3 is 3.00 bits per heavy atom. The fraction of sp³-hybridized carbons (Fsp3) is 0.533. The van der Waals surface area contributed by atoms with Gasteiger partial charge in [-0.15, -0.1) is 0 Å². The predicted octanol–water partition coefficient (Wildman–Crippen LogP) is 0.869. The third kappa shape index (κ3) is 2.51. The van der Waals surface area contributed by atoms with E-state index in [1.54, 1.807) is 0 Å². The van der Waals surface area contributed by atoms with Gasteiger partial charge in [0.05, 0.1) is 0 Å². The molecule has 1 atom stereocenters. The summed E-state index contributed by atoms with van der Waals surface area (Å²) in [5, 5.41) is 3.34. The van der Waals surface area contributed by atoms with E-state index in [1.165, 1.54) is 5.56 Å². The minimum absolute atomic E-state index is 0.0649. The van der Waals surface area contributed by atoms with Gasteiger partial charge in [0.1, 0.15) is 6.04 Å². The van der Waals surface area contributed by atoms with Gasteiger partial charge in [0.15, 0.2) is 0 Å². The Labute approximate surface area is 114 Å². The van der Waals surface area contributed by atoms with Crippen molar-refractivity contribution in [1.82, 2.24) is 10.2 Å². The Morgan fingerprint density at radius 1 is 1.32 bits per heavy atom. The van der Waals surface area contributed by atoms with Crippen LogP contribution in [-0.4, -0.2) is 50.1 Å². The number of nitrogens with one attached hydrogen (secondary N) is 1. The van der Waals surface area contributed by atoms with Crippen LogP contribution in [0.25, 0.3) is 0 Å². The molecule has 0 spiro atoms. The van der Waals surface area contributed by atoms with Gasteiger partial charge in [-0.1, -0.05) is 18.2 Å². The van der Waals surface area contributed by atoms with Crippen molar-refractivity contribution >= 4 is 11.6 Å². The lowest BCUT2D eigenvalue weighted by atomic mass is 10.0. The summed E-state index contributed by atoms with van der Waals surface area (Å²) in [5.74, 6) is 0.221. The third-order valence-corrected chi connectivity index (χ3v) is 4.05. The van der Waals surface area contributed by atoms with Crippen molar-refractivity contribution in [2.24, 2.45) is 0 Å². The van der Waals surface area contributed by atoms with Gasteiger partial charge in [0.2, 0.25) is 5.91 Å². The molecule has 1 N–H and O–H groups in total. The molecule has 1 saturated heterocycles. The molecule has 2 aliphatic heterocycles. The maximum Gasteiger partial charge on any atom is 0.245 e. The summed E-state index contributed by atoms with van der Waals surface area (Å²) >= 11 is 0. The Kier molecular flexibility index (Phi) is 3.53. The van der Waals surface area contributed by atoms with Crippen LogP contribution < -0.4 is 10.2 Å². The van der Waals surface area contributed by atoms with E-state index in [1.807, 2.05) is 11.0 Å². The molecule has 0 aliphatic carbocycles. The molecule has 3 rings (SSSR count). The molecule has 4 heteroatoms. The number of hydrogen-bond acceptors (Lipinski definition) is 3. The molecule has 1 aromatic rings. The van der Waals surface area contributed by atoms with E-state index >= 15 is 0 Å². The van der Waals surface area contributed by atoms with Crippen molar-refractivity contribution < 1.29 is 4.79 Å². The van der Waals surface area contributed by atoms with Gasteiger partial charge in [-0.25, -0.2) is 0 Å². The molecule has 1 amide bonds. The second-order valence-corrected chi connectivity index (χ2v) is 5.49. The standard InChI is InChI=1S/C15H21N3O/c1-17-10-8-16-13(11-17)15(19)18-9-4-6-12-5-2-3-7-14(12)18/h2-3,5,7,13,16H,4,6,8-11H2,1H3. The summed E-state index contributed by atoms with van der Waals surface area (Å²) < 4.78 is 0. The van der Waals surface area contributed by atoms with Crippen molar-refractivity contribution in [3.05, 3.63) is 29.8 Å². The molecule has 102 valence electrons. The summed E-state index contributed by atoms with van der Waals surface area (Å²) in [5.41, 5.74) is 2.40. The number of rotatable bonds is 1. The zero-order valence-electron chi connectivity index (χ0n) is 11.4. The predicted molar refractivity (Wildman–Crippen MR) is 76.4 cm³/mol. The fourth-order valence-corrected chi connectivity index (χ4v) is 3.01. The summed E-state index contributed by atoms with van der Waals surface area (Å²) in [6.45, 7) is 3.55. The lowest BCUT2D eigenvalue weighted by Gasteiger charge is -2.36. The van der Waals surface area contributed by atoms with E-state index in [4.69, 9.17) is 0 Å². The summed E-state index contributed by atoms with van der Waals surface area (Å²) in [4.78, 5) is 16.9. The van der Waals surface area contributed by atoms with Crippen LogP contribution in [0.5, 0.6) is 0 Å². The summed E-state index contributed by atoms with van der Waals surface area (Å²) in [6, 6.07) is 8.21. The second kappa shape index (κ2) is 5.31. The molecular formula is C15H21N3O. The lowest BCUT2D eigenvalue weighted by molar-refractivity contribution is -0.121. The lowest BCUT2D eigenvalue weighted by Crippen LogP contribution is -2.57.